The van der Waals surface area contributed by atoms with E-state index in [1.807, 2.05) is 0 Å². The van der Waals surface area contributed by atoms with E-state index in [1.54, 1.807) is 30.3 Å². The van der Waals surface area contributed by atoms with E-state index < -0.39 is 23.7 Å². The summed E-state index contributed by atoms with van der Waals surface area (Å²) in [7, 11) is 2.95. The molecule has 3 amide bonds. The molecule has 0 saturated heterocycles. The third kappa shape index (κ3) is 3.76. The summed E-state index contributed by atoms with van der Waals surface area (Å²) >= 11 is 0. The lowest BCUT2D eigenvalue weighted by Gasteiger charge is -2.18. The number of benzene rings is 3. The van der Waals surface area contributed by atoms with Gasteiger partial charge in [0.15, 0.2) is 0 Å². The molecule has 0 unspecified atom stereocenters. The van der Waals surface area contributed by atoms with Crippen LogP contribution in [0.3, 0.4) is 0 Å². The number of ether oxygens (including phenoxy) is 2. The van der Waals surface area contributed by atoms with Crippen molar-refractivity contribution in [2.45, 2.75) is 0 Å². The van der Waals surface area contributed by atoms with Crippen LogP contribution in [-0.2, 0) is 0 Å². The Hall–Kier alpha value is -4.66. The summed E-state index contributed by atoms with van der Waals surface area (Å²) in [4.78, 5) is 51.3. The SMILES string of the molecule is COc1ccc(NC(=O)c2ccccc2N2C(=O)c3ccc(C(=O)O)cc3C2=O)c(OC)c1. The molecule has 9 heteroatoms. The highest BCUT2D eigenvalue weighted by Gasteiger charge is 2.38. The number of carbonyl (C=O) groups is 4. The number of hydrogen-bond donors (Lipinski definition) is 2. The van der Waals surface area contributed by atoms with Gasteiger partial charge in [-0.25, -0.2) is 9.69 Å². The molecule has 4 rings (SSSR count). The van der Waals surface area contributed by atoms with Gasteiger partial charge in [-0.2, -0.15) is 0 Å². The van der Waals surface area contributed by atoms with Gasteiger partial charge in [-0.1, -0.05) is 12.1 Å². The Kier molecular flexibility index (Phi) is 5.53. The summed E-state index contributed by atoms with van der Waals surface area (Å²) in [5.74, 6) is -2.24. The predicted molar refractivity (Wildman–Crippen MR) is 118 cm³/mol. The minimum atomic E-state index is -1.22. The van der Waals surface area contributed by atoms with Gasteiger partial charge in [-0.3, -0.25) is 14.4 Å². The number of carbonyl (C=O) groups excluding carboxylic acids is 3. The third-order valence-corrected chi connectivity index (χ3v) is 5.18. The molecule has 0 aromatic heterocycles. The molecule has 1 heterocycles. The number of nitrogens with zero attached hydrogens (tertiary/aromatic N) is 1. The summed E-state index contributed by atoms with van der Waals surface area (Å²) in [5, 5.41) is 11.9. The number of methoxy groups -OCH3 is 2. The van der Waals surface area contributed by atoms with Crippen molar-refractivity contribution in [2.75, 3.05) is 24.4 Å². The molecule has 3 aromatic rings. The molecule has 1 aliphatic heterocycles. The lowest BCUT2D eigenvalue weighted by Crippen LogP contribution is -2.31. The molecule has 1 aliphatic rings. The lowest BCUT2D eigenvalue weighted by atomic mass is 10.1. The van der Waals surface area contributed by atoms with Crippen LogP contribution in [0.1, 0.15) is 41.4 Å². The van der Waals surface area contributed by atoms with Crippen molar-refractivity contribution >= 4 is 35.1 Å². The van der Waals surface area contributed by atoms with Crippen molar-refractivity contribution in [1.82, 2.24) is 0 Å². The fourth-order valence-electron chi connectivity index (χ4n) is 3.54. The quantitative estimate of drug-likeness (QED) is 0.556. The van der Waals surface area contributed by atoms with Crippen LogP contribution in [0, 0.1) is 0 Å². The topological polar surface area (TPSA) is 122 Å². The zero-order chi connectivity index (χ0) is 23.7. The summed E-state index contributed by atoms with van der Waals surface area (Å²) < 4.78 is 10.5. The average Bonchev–Trinajstić information content (AvgIpc) is 3.08. The molecule has 0 spiro atoms. The predicted octanol–water partition coefficient (Wildman–Crippen LogP) is 3.45. The molecule has 2 N–H and O–H groups in total. The van der Waals surface area contributed by atoms with Crippen molar-refractivity contribution in [3.8, 4) is 11.5 Å². The highest BCUT2D eigenvalue weighted by Crippen LogP contribution is 2.33. The monoisotopic (exact) mass is 446 g/mol. The number of imide groups is 1. The van der Waals surface area contributed by atoms with Crippen LogP contribution in [0.15, 0.2) is 60.7 Å². The molecule has 33 heavy (non-hydrogen) atoms. The smallest absolute Gasteiger partial charge is 0.335 e. The number of para-hydroxylation sites is 1. The summed E-state index contributed by atoms with van der Waals surface area (Å²) in [6.45, 7) is 0. The second kappa shape index (κ2) is 8.46. The fraction of sp³-hybridized carbons (Fsp3) is 0.0833. The Morgan fingerprint density at radius 2 is 1.61 bits per heavy atom. The maximum absolute atomic E-state index is 13.1. The van der Waals surface area contributed by atoms with Gasteiger partial charge in [0.05, 0.1) is 47.8 Å². The van der Waals surface area contributed by atoms with Gasteiger partial charge >= 0.3 is 5.97 Å². The summed E-state index contributed by atoms with van der Waals surface area (Å²) in [5.41, 5.74) is 0.429. The lowest BCUT2D eigenvalue weighted by molar-refractivity contribution is 0.0696. The van der Waals surface area contributed by atoms with Gasteiger partial charge in [0.1, 0.15) is 11.5 Å². The molecule has 0 bridgehead atoms. The largest absolute Gasteiger partial charge is 0.497 e. The van der Waals surface area contributed by atoms with Crippen molar-refractivity contribution in [3.05, 3.63) is 82.9 Å². The minimum Gasteiger partial charge on any atom is -0.497 e. The number of hydrogen-bond acceptors (Lipinski definition) is 6. The van der Waals surface area contributed by atoms with E-state index in [9.17, 15) is 24.3 Å². The van der Waals surface area contributed by atoms with E-state index in [0.29, 0.717) is 17.2 Å². The van der Waals surface area contributed by atoms with Gasteiger partial charge in [0, 0.05) is 6.07 Å². The number of carboxylic acid groups (broad SMARTS) is 1. The number of nitrogens with one attached hydrogen (secondary N) is 1. The maximum Gasteiger partial charge on any atom is 0.335 e. The first-order chi connectivity index (χ1) is 15.8. The number of fused-ring (bicyclic) bond motifs is 1. The number of aromatic carboxylic acids is 1. The molecule has 0 fully saturated rings. The first-order valence-corrected chi connectivity index (χ1v) is 9.74. The van der Waals surface area contributed by atoms with E-state index >= 15 is 0 Å². The van der Waals surface area contributed by atoms with Gasteiger partial charge in [-0.15, -0.1) is 0 Å². The van der Waals surface area contributed by atoms with E-state index in [-0.39, 0.29) is 27.9 Å². The zero-order valence-corrected chi connectivity index (χ0v) is 17.6. The van der Waals surface area contributed by atoms with Crippen LogP contribution in [0.2, 0.25) is 0 Å². The number of carboxylic acids is 1. The fourth-order valence-corrected chi connectivity index (χ4v) is 3.54. The Bertz CT molecular complexity index is 1320. The molecule has 0 atom stereocenters. The molecule has 0 radical (unpaired) electrons. The minimum absolute atomic E-state index is 0.0352. The Balaban J connectivity index is 1.70. The first kappa shape index (κ1) is 21.6. The Morgan fingerprint density at radius 3 is 2.30 bits per heavy atom. The van der Waals surface area contributed by atoms with Gasteiger partial charge in [-0.05, 0) is 42.5 Å². The highest BCUT2D eigenvalue weighted by atomic mass is 16.5. The molecular formula is C24H18N2O7. The van der Waals surface area contributed by atoms with Gasteiger partial charge in [0.2, 0.25) is 0 Å². The number of rotatable bonds is 6. The van der Waals surface area contributed by atoms with Gasteiger partial charge in [0.25, 0.3) is 17.7 Å². The van der Waals surface area contributed by atoms with Crippen molar-refractivity contribution in [1.29, 1.82) is 0 Å². The molecule has 9 nitrogen and oxygen atoms in total. The first-order valence-electron chi connectivity index (χ1n) is 9.74. The van der Waals surface area contributed by atoms with E-state index in [0.717, 1.165) is 11.0 Å². The second-order valence-corrected chi connectivity index (χ2v) is 7.05. The van der Waals surface area contributed by atoms with E-state index in [2.05, 4.69) is 5.32 Å². The standard InChI is InChI=1S/C24H18N2O7/c1-32-14-8-10-18(20(12-14)33-2)25-21(27)16-5-3-4-6-19(16)26-22(28)15-9-7-13(24(30)31)11-17(15)23(26)29/h3-12H,1-2H3,(H,25,27)(H,30,31). The molecule has 166 valence electrons. The Labute approximate surface area is 188 Å². The van der Waals surface area contributed by atoms with Crippen LogP contribution in [0.5, 0.6) is 11.5 Å². The van der Waals surface area contributed by atoms with Crippen molar-refractivity contribution in [2.24, 2.45) is 0 Å². The summed E-state index contributed by atoms with van der Waals surface area (Å²) in [6, 6.07) is 14.7. The molecule has 0 aliphatic carbocycles. The number of amides is 3. The average molecular weight is 446 g/mol. The van der Waals surface area contributed by atoms with Crippen molar-refractivity contribution < 1.29 is 33.8 Å². The normalized spacial score (nSPS) is 12.4. The van der Waals surface area contributed by atoms with Crippen LogP contribution < -0.4 is 19.7 Å². The number of anilines is 2. The van der Waals surface area contributed by atoms with E-state index in [4.69, 9.17) is 9.47 Å². The molecule has 0 saturated carbocycles. The highest BCUT2D eigenvalue weighted by molar-refractivity contribution is 6.35. The summed E-state index contributed by atoms with van der Waals surface area (Å²) in [6.07, 6.45) is 0. The van der Waals surface area contributed by atoms with Crippen molar-refractivity contribution in [3.63, 3.8) is 0 Å². The van der Waals surface area contributed by atoms with Crippen LogP contribution in [0.25, 0.3) is 0 Å². The second-order valence-electron chi connectivity index (χ2n) is 7.05. The van der Waals surface area contributed by atoms with Crippen LogP contribution in [-0.4, -0.2) is 43.0 Å². The van der Waals surface area contributed by atoms with Crippen LogP contribution >= 0.6 is 0 Å². The molecule has 3 aromatic carbocycles. The maximum atomic E-state index is 13.1. The Morgan fingerprint density at radius 1 is 0.879 bits per heavy atom. The third-order valence-electron chi connectivity index (χ3n) is 5.18. The van der Waals surface area contributed by atoms with Gasteiger partial charge < -0.3 is 19.9 Å². The zero-order valence-electron chi connectivity index (χ0n) is 17.6. The molecular weight excluding hydrogens is 428 g/mol. The van der Waals surface area contributed by atoms with E-state index in [1.165, 1.54) is 38.5 Å². The van der Waals surface area contributed by atoms with Crippen LogP contribution in [0.4, 0.5) is 11.4 Å².